The summed E-state index contributed by atoms with van der Waals surface area (Å²) in [6.07, 6.45) is 1.62. The minimum absolute atomic E-state index is 0.568. The SMILES string of the molecule is CCN(c1ccccc1)c1nncc(NCc2ccccc2OC)n1. The molecule has 1 heterocycles. The van der Waals surface area contributed by atoms with E-state index in [0.717, 1.165) is 23.5 Å². The third-order valence-corrected chi connectivity index (χ3v) is 3.83. The van der Waals surface area contributed by atoms with E-state index < -0.39 is 0 Å². The molecule has 0 aliphatic heterocycles. The lowest BCUT2D eigenvalue weighted by Crippen LogP contribution is -2.19. The van der Waals surface area contributed by atoms with E-state index in [9.17, 15) is 0 Å². The molecule has 1 N–H and O–H groups in total. The summed E-state index contributed by atoms with van der Waals surface area (Å²) in [4.78, 5) is 6.61. The van der Waals surface area contributed by atoms with Gasteiger partial charge in [-0.1, -0.05) is 36.4 Å². The minimum atomic E-state index is 0.568. The Morgan fingerprint density at radius 3 is 2.56 bits per heavy atom. The number of hydrogen-bond donors (Lipinski definition) is 1. The van der Waals surface area contributed by atoms with E-state index in [4.69, 9.17) is 4.74 Å². The summed E-state index contributed by atoms with van der Waals surface area (Å²) < 4.78 is 5.37. The Morgan fingerprint density at radius 1 is 1.04 bits per heavy atom. The van der Waals surface area contributed by atoms with Crippen molar-refractivity contribution >= 4 is 17.5 Å². The maximum absolute atomic E-state index is 5.37. The van der Waals surface area contributed by atoms with Crippen LogP contribution in [0.4, 0.5) is 17.5 Å². The normalized spacial score (nSPS) is 10.3. The zero-order valence-electron chi connectivity index (χ0n) is 14.4. The molecule has 0 atom stereocenters. The Balaban J connectivity index is 1.77. The van der Waals surface area contributed by atoms with Gasteiger partial charge in [-0.2, -0.15) is 10.1 Å². The molecule has 0 amide bonds. The Hall–Kier alpha value is -3.15. The quantitative estimate of drug-likeness (QED) is 0.711. The first-order valence-corrected chi connectivity index (χ1v) is 8.20. The van der Waals surface area contributed by atoms with Gasteiger partial charge in [0.25, 0.3) is 5.95 Å². The summed E-state index contributed by atoms with van der Waals surface area (Å²) in [5, 5.41) is 11.5. The standard InChI is InChI=1S/C19H21N5O/c1-3-24(16-10-5-4-6-11-16)19-22-18(14-21-23-19)20-13-15-9-7-8-12-17(15)25-2/h4-12,14H,3,13H2,1-2H3,(H,20,22,23). The summed E-state index contributed by atoms with van der Waals surface area (Å²) in [5.74, 6) is 2.08. The molecule has 6 nitrogen and oxygen atoms in total. The highest BCUT2D eigenvalue weighted by Crippen LogP contribution is 2.22. The van der Waals surface area contributed by atoms with Crippen LogP contribution in [0.2, 0.25) is 0 Å². The number of hydrogen-bond acceptors (Lipinski definition) is 6. The van der Waals surface area contributed by atoms with Crippen LogP contribution in [0.5, 0.6) is 5.75 Å². The molecule has 0 saturated heterocycles. The molecule has 6 heteroatoms. The molecule has 1 aromatic heterocycles. The fourth-order valence-electron chi connectivity index (χ4n) is 2.58. The van der Waals surface area contributed by atoms with Crippen LogP contribution >= 0.6 is 0 Å². The van der Waals surface area contributed by atoms with Gasteiger partial charge in [-0.3, -0.25) is 0 Å². The van der Waals surface area contributed by atoms with Gasteiger partial charge in [0.15, 0.2) is 5.82 Å². The van der Waals surface area contributed by atoms with Crippen molar-refractivity contribution < 1.29 is 4.74 Å². The molecule has 0 aliphatic carbocycles. The van der Waals surface area contributed by atoms with Gasteiger partial charge in [0.2, 0.25) is 0 Å². The van der Waals surface area contributed by atoms with Crippen LogP contribution in [0, 0.1) is 0 Å². The molecule has 0 spiro atoms. The molecule has 0 saturated carbocycles. The minimum Gasteiger partial charge on any atom is -0.496 e. The summed E-state index contributed by atoms with van der Waals surface area (Å²) in [5.41, 5.74) is 2.09. The summed E-state index contributed by atoms with van der Waals surface area (Å²) in [6, 6.07) is 17.9. The molecular weight excluding hydrogens is 314 g/mol. The first-order chi connectivity index (χ1) is 12.3. The second kappa shape index (κ2) is 8.10. The average Bonchev–Trinajstić information content (AvgIpc) is 2.68. The Morgan fingerprint density at radius 2 is 1.80 bits per heavy atom. The predicted octanol–water partition coefficient (Wildman–Crippen LogP) is 3.65. The van der Waals surface area contributed by atoms with Crippen molar-refractivity contribution in [2.45, 2.75) is 13.5 Å². The molecule has 0 aliphatic rings. The Labute approximate surface area is 147 Å². The zero-order chi connectivity index (χ0) is 17.5. The van der Waals surface area contributed by atoms with Crippen molar-refractivity contribution in [1.29, 1.82) is 0 Å². The average molecular weight is 335 g/mol. The van der Waals surface area contributed by atoms with Crippen LogP contribution in [-0.2, 0) is 6.54 Å². The van der Waals surface area contributed by atoms with Crippen LogP contribution < -0.4 is 15.0 Å². The molecule has 25 heavy (non-hydrogen) atoms. The molecule has 0 unspecified atom stereocenters. The number of nitrogens with zero attached hydrogens (tertiary/aromatic N) is 4. The van der Waals surface area contributed by atoms with Gasteiger partial charge in [0.05, 0.1) is 13.3 Å². The smallest absolute Gasteiger partial charge is 0.251 e. The number of methoxy groups -OCH3 is 1. The van der Waals surface area contributed by atoms with Crippen molar-refractivity contribution in [3.63, 3.8) is 0 Å². The molecular formula is C19H21N5O. The fraction of sp³-hybridized carbons (Fsp3) is 0.211. The molecule has 3 aromatic rings. The lowest BCUT2D eigenvalue weighted by molar-refractivity contribution is 0.410. The third-order valence-electron chi connectivity index (χ3n) is 3.83. The largest absolute Gasteiger partial charge is 0.496 e. The first kappa shape index (κ1) is 16.7. The van der Waals surface area contributed by atoms with E-state index in [1.807, 2.05) is 59.5 Å². The van der Waals surface area contributed by atoms with Crippen molar-refractivity contribution in [2.75, 3.05) is 23.9 Å². The molecule has 0 fully saturated rings. The van der Waals surface area contributed by atoms with Gasteiger partial charge in [0.1, 0.15) is 5.75 Å². The number of aromatic nitrogens is 3. The van der Waals surface area contributed by atoms with Crippen LogP contribution in [0.25, 0.3) is 0 Å². The number of benzene rings is 2. The molecule has 128 valence electrons. The number of nitrogens with one attached hydrogen (secondary N) is 1. The van der Waals surface area contributed by atoms with Gasteiger partial charge >= 0.3 is 0 Å². The highest BCUT2D eigenvalue weighted by Gasteiger charge is 2.11. The van der Waals surface area contributed by atoms with Crippen LogP contribution in [0.3, 0.4) is 0 Å². The van der Waals surface area contributed by atoms with E-state index in [-0.39, 0.29) is 0 Å². The second-order valence-corrected chi connectivity index (χ2v) is 5.39. The first-order valence-electron chi connectivity index (χ1n) is 8.20. The zero-order valence-corrected chi connectivity index (χ0v) is 14.4. The third kappa shape index (κ3) is 4.03. The summed E-state index contributed by atoms with van der Waals surface area (Å²) >= 11 is 0. The second-order valence-electron chi connectivity index (χ2n) is 5.39. The van der Waals surface area contributed by atoms with E-state index in [0.29, 0.717) is 18.3 Å². The van der Waals surface area contributed by atoms with Gasteiger partial charge in [-0.25, -0.2) is 0 Å². The monoisotopic (exact) mass is 335 g/mol. The molecule has 3 rings (SSSR count). The number of rotatable bonds is 7. The van der Waals surface area contributed by atoms with Crippen molar-refractivity contribution in [3.05, 3.63) is 66.4 Å². The van der Waals surface area contributed by atoms with Crippen LogP contribution in [0.1, 0.15) is 12.5 Å². The van der Waals surface area contributed by atoms with Gasteiger partial charge in [0, 0.05) is 24.3 Å². The topological polar surface area (TPSA) is 63.2 Å². The highest BCUT2D eigenvalue weighted by atomic mass is 16.5. The van der Waals surface area contributed by atoms with Crippen LogP contribution in [0.15, 0.2) is 60.8 Å². The molecule has 2 aromatic carbocycles. The van der Waals surface area contributed by atoms with E-state index in [1.165, 1.54) is 0 Å². The maximum Gasteiger partial charge on any atom is 0.251 e. The lowest BCUT2D eigenvalue weighted by Gasteiger charge is -2.20. The highest BCUT2D eigenvalue weighted by molar-refractivity contribution is 5.57. The van der Waals surface area contributed by atoms with Crippen molar-refractivity contribution in [1.82, 2.24) is 15.2 Å². The van der Waals surface area contributed by atoms with Gasteiger partial charge in [-0.05, 0) is 25.1 Å². The lowest BCUT2D eigenvalue weighted by atomic mass is 10.2. The predicted molar refractivity (Wildman–Crippen MR) is 99.3 cm³/mol. The van der Waals surface area contributed by atoms with Gasteiger partial charge < -0.3 is 15.0 Å². The summed E-state index contributed by atoms with van der Waals surface area (Å²) in [6.45, 7) is 3.41. The molecule has 0 bridgehead atoms. The number of ether oxygens (including phenoxy) is 1. The maximum atomic E-state index is 5.37. The summed E-state index contributed by atoms with van der Waals surface area (Å²) in [7, 11) is 1.67. The Kier molecular flexibility index (Phi) is 5.41. The number of para-hydroxylation sites is 2. The van der Waals surface area contributed by atoms with Crippen molar-refractivity contribution in [3.8, 4) is 5.75 Å². The van der Waals surface area contributed by atoms with E-state index >= 15 is 0 Å². The van der Waals surface area contributed by atoms with Crippen LogP contribution in [-0.4, -0.2) is 28.8 Å². The molecule has 0 radical (unpaired) electrons. The van der Waals surface area contributed by atoms with Gasteiger partial charge in [-0.15, -0.1) is 5.10 Å². The fourth-order valence-corrected chi connectivity index (χ4v) is 2.58. The van der Waals surface area contributed by atoms with E-state index in [1.54, 1.807) is 13.3 Å². The van der Waals surface area contributed by atoms with Crippen molar-refractivity contribution in [2.24, 2.45) is 0 Å². The number of anilines is 3. The van der Waals surface area contributed by atoms with E-state index in [2.05, 4.69) is 27.4 Å². The Bertz CT molecular complexity index is 810.